The number of nitrogens with zero attached hydrogens (tertiary/aromatic N) is 2. The summed E-state index contributed by atoms with van der Waals surface area (Å²) in [6, 6.07) is 1.19. The second kappa shape index (κ2) is 4.79. The lowest BCUT2D eigenvalue weighted by Crippen LogP contribution is -2.33. The lowest BCUT2D eigenvalue weighted by Gasteiger charge is -2.22. The Morgan fingerprint density at radius 3 is 2.58 bits per heavy atom. The van der Waals surface area contributed by atoms with E-state index in [-0.39, 0.29) is 6.04 Å². The molecule has 0 spiro atoms. The van der Waals surface area contributed by atoms with Crippen molar-refractivity contribution in [2.24, 2.45) is 0 Å². The Hall–Kier alpha value is -2.25. The van der Waals surface area contributed by atoms with Gasteiger partial charge in [-0.3, -0.25) is 14.9 Å². The van der Waals surface area contributed by atoms with Gasteiger partial charge >= 0.3 is 5.97 Å². The number of nitro groups is 1. The smallest absolute Gasteiger partial charge is 0.323 e. The fraction of sp³-hybridized carbons (Fsp3) is 0.364. The predicted octanol–water partition coefficient (Wildman–Crippen LogP) is 1.93. The molecule has 0 unspecified atom stereocenters. The molecule has 0 aromatic heterocycles. The van der Waals surface area contributed by atoms with E-state index in [1.165, 1.54) is 0 Å². The van der Waals surface area contributed by atoms with Crippen LogP contribution < -0.4 is 4.90 Å². The maximum atomic E-state index is 13.8. The number of benzene rings is 1. The van der Waals surface area contributed by atoms with E-state index in [0.717, 1.165) is 11.0 Å². The van der Waals surface area contributed by atoms with Crippen LogP contribution in [-0.4, -0.2) is 28.6 Å². The van der Waals surface area contributed by atoms with Crippen molar-refractivity contribution in [1.82, 2.24) is 0 Å². The lowest BCUT2D eigenvalue weighted by molar-refractivity contribution is -0.384. The van der Waals surface area contributed by atoms with E-state index < -0.39 is 40.4 Å². The van der Waals surface area contributed by atoms with Crippen molar-refractivity contribution in [3.63, 3.8) is 0 Å². The largest absolute Gasteiger partial charge is 0.480 e. The van der Waals surface area contributed by atoms with Crippen LogP contribution in [0.1, 0.15) is 12.8 Å². The first kappa shape index (κ1) is 13.2. The molecule has 1 aliphatic rings. The zero-order valence-electron chi connectivity index (χ0n) is 9.68. The monoisotopic (exact) mass is 272 g/mol. The Bertz CT molecular complexity index is 546. The van der Waals surface area contributed by atoms with Gasteiger partial charge in [-0.2, -0.15) is 0 Å². The molecule has 8 heteroatoms. The highest BCUT2D eigenvalue weighted by Crippen LogP contribution is 2.39. The molecule has 0 amide bonds. The van der Waals surface area contributed by atoms with Crippen LogP contribution >= 0.6 is 0 Å². The van der Waals surface area contributed by atoms with Crippen molar-refractivity contribution >= 4 is 17.3 Å². The van der Waals surface area contributed by atoms with Crippen LogP contribution in [0.25, 0.3) is 0 Å². The van der Waals surface area contributed by atoms with Gasteiger partial charge in [0.1, 0.15) is 6.54 Å². The quantitative estimate of drug-likeness (QED) is 0.654. The van der Waals surface area contributed by atoms with Crippen LogP contribution in [0.2, 0.25) is 0 Å². The number of hydrogen-bond donors (Lipinski definition) is 1. The Morgan fingerprint density at radius 2 is 2.11 bits per heavy atom. The highest BCUT2D eigenvalue weighted by molar-refractivity contribution is 5.77. The number of hydrogen-bond acceptors (Lipinski definition) is 4. The van der Waals surface area contributed by atoms with Crippen LogP contribution in [0.4, 0.5) is 20.2 Å². The number of aliphatic carboxylic acids is 1. The minimum Gasteiger partial charge on any atom is -0.480 e. The van der Waals surface area contributed by atoms with Crippen LogP contribution in [0.3, 0.4) is 0 Å². The zero-order chi connectivity index (χ0) is 14.2. The van der Waals surface area contributed by atoms with Crippen LogP contribution in [0.15, 0.2) is 12.1 Å². The summed E-state index contributed by atoms with van der Waals surface area (Å²) in [4.78, 5) is 21.8. The number of carboxylic acid groups (broad SMARTS) is 1. The lowest BCUT2D eigenvalue weighted by atomic mass is 10.2. The highest BCUT2D eigenvalue weighted by atomic mass is 19.2. The van der Waals surface area contributed by atoms with Gasteiger partial charge in [0, 0.05) is 12.1 Å². The molecule has 0 radical (unpaired) electrons. The second-order valence-corrected chi connectivity index (χ2v) is 4.24. The van der Waals surface area contributed by atoms with Crippen molar-refractivity contribution in [1.29, 1.82) is 0 Å². The molecule has 0 saturated heterocycles. The van der Waals surface area contributed by atoms with E-state index in [4.69, 9.17) is 5.11 Å². The summed E-state index contributed by atoms with van der Waals surface area (Å²) in [6.45, 7) is -0.605. The van der Waals surface area contributed by atoms with E-state index in [0.29, 0.717) is 18.9 Å². The number of carboxylic acids is 1. The minimum absolute atomic E-state index is 0.300. The molecule has 0 heterocycles. The summed E-state index contributed by atoms with van der Waals surface area (Å²) in [5.41, 5.74) is -1.22. The molecule has 0 atom stereocenters. The van der Waals surface area contributed by atoms with Gasteiger partial charge < -0.3 is 10.0 Å². The second-order valence-electron chi connectivity index (χ2n) is 4.24. The first-order chi connectivity index (χ1) is 8.91. The van der Waals surface area contributed by atoms with Crippen molar-refractivity contribution in [3.8, 4) is 0 Å². The van der Waals surface area contributed by atoms with Gasteiger partial charge in [-0.05, 0) is 18.9 Å². The van der Waals surface area contributed by atoms with E-state index >= 15 is 0 Å². The molecule has 1 aromatic carbocycles. The van der Waals surface area contributed by atoms with E-state index in [9.17, 15) is 23.7 Å². The maximum Gasteiger partial charge on any atom is 0.323 e. The highest BCUT2D eigenvalue weighted by Gasteiger charge is 2.37. The topological polar surface area (TPSA) is 83.7 Å². The fourth-order valence-corrected chi connectivity index (χ4v) is 1.87. The van der Waals surface area contributed by atoms with Crippen molar-refractivity contribution in [2.45, 2.75) is 18.9 Å². The van der Waals surface area contributed by atoms with Crippen molar-refractivity contribution in [3.05, 3.63) is 33.9 Å². The third kappa shape index (κ3) is 2.61. The molecule has 0 aliphatic heterocycles. The summed E-state index contributed by atoms with van der Waals surface area (Å²) in [7, 11) is 0. The van der Waals surface area contributed by atoms with Crippen LogP contribution in [0.5, 0.6) is 0 Å². The Labute approximate surface area is 106 Å². The Balaban J connectivity index is 2.53. The molecule has 0 bridgehead atoms. The normalized spacial score (nSPS) is 14.2. The number of carbonyl (C=O) groups is 1. The Kier molecular flexibility index (Phi) is 3.32. The summed E-state index contributed by atoms with van der Waals surface area (Å²) < 4.78 is 27.0. The maximum absolute atomic E-state index is 13.8. The van der Waals surface area contributed by atoms with Crippen LogP contribution in [-0.2, 0) is 4.79 Å². The van der Waals surface area contributed by atoms with Gasteiger partial charge in [-0.15, -0.1) is 0 Å². The summed E-state index contributed by atoms with van der Waals surface area (Å²) in [5, 5.41) is 19.6. The molecule has 1 saturated carbocycles. The van der Waals surface area contributed by atoms with Gasteiger partial charge in [0.15, 0.2) is 17.3 Å². The fourth-order valence-electron chi connectivity index (χ4n) is 1.87. The summed E-state index contributed by atoms with van der Waals surface area (Å²) in [5.74, 6) is -3.89. The average Bonchev–Trinajstić information content (AvgIpc) is 3.13. The molecule has 102 valence electrons. The van der Waals surface area contributed by atoms with Crippen LogP contribution in [0, 0.1) is 21.7 Å². The van der Waals surface area contributed by atoms with E-state index in [1.54, 1.807) is 0 Å². The van der Waals surface area contributed by atoms with Gasteiger partial charge in [-0.25, -0.2) is 8.78 Å². The third-order valence-electron chi connectivity index (χ3n) is 2.82. The predicted molar refractivity (Wildman–Crippen MR) is 61.0 cm³/mol. The SMILES string of the molecule is O=C(O)CN(c1c([N+](=O)[O-])ccc(F)c1F)C1CC1. The average molecular weight is 272 g/mol. The number of rotatable bonds is 5. The molecule has 1 N–H and O–H groups in total. The van der Waals surface area contributed by atoms with Gasteiger partial charge in [0.25, 0.3) is 5.69 Å². The van der Waals surface area contributed by atoms with Gasteiger partial charge in [0.2, 0.25) is 0 Å². The van der Waals surface area contributed by atoms with Gasteiger partial charge in [-0.1, -0.05) is 0 Å². The first-order valence-electron chi connectivity index (χ1n) is 5.52. The summed E-state index contributed by atoms with van der Waals surface area (Å²) >= 11 is 0. The Morgan fingerprint density at radius 1 is 1.47 bits per heavy atom. The molecule has 1 aliphatic carbocycles. The number of halogens is 2. The molecular weight excluding hydrogens is 262 g/mol. The van der Waals surface area contributed by atoms with E-state index in [1.807, 2.05) is 0 Å². The minimum atomic E-state index is -1.39. The molecule has 1 fully saturated rings. The van der Waals surface area contributed by atoms with Gasteiger partial charge in [0.05, 0.1) is 4.92 Å². The molecule has 1 aromatic rings. The van der Waals surface area contributed by atoms with E-state index in [2.05, 4.69) is 0 Å². The number of anilines is 1. The standard InChI is InChI=1S/C11H10F2N2O4/c12-7-3-4-8(15(18)19)11(10(7)13)14(5-9(16)17)6-1-2-6/h3-4,6H,1-2,5H2,(H,16,17). The zero-order valence-corrected chi connectivity index (χ0v) is 9.68. The molecule has 2 rings (SSSR count). The van der Waals surface area contributed by atoms with Crippen molar-refractivity contribution in [2.75, 3.05) is 11.4 Å². The molecular formula is C11H10F2N2O4. The third-order valence-corrected chi connectivity index (χ3v) is 2.82. The number of nitro benzene ring substituents is 1. The molecule has 19 heavy (non-hydrogen) atoms. The summed E-state index contributed by atoms with van der Waals surface area (Å²) in [6.07, 6.45) is 1.20. The molecule has 6 nitrogen and oxygen atoms in total. The first-order valence-corrected chi connectivity index (χ1v) is 5.52. The van der Waals surface area contributed by atoms with Crippen molar-refractivity contribution < 1.29 is 23.6 Å².